The van der Waals surface area contributed by atoms with Gasteiger partial charge in [0.25, 0.3) is 0 Å². The molecule has 0 aromatic heterocycles. The second-order valence-corrected chi connectivity index (χ2v) is 17.2. The monoisotopic (exact) mass is 855 g/mol. The number of aliphatic imine (C=N–C) groups is 1. The average molecular weight is 855 g/mol. The zero-order valence-electron chi connectivity index (χ0n) is 43.7. The molecule has 1 N–H and O–H groups in total. The van der Waals surface area contributed by atoms with Gasteiger partial charge in [-0.05, 0) is 138 Å². The summed E-state index contributed by atoms with van der Waals surface area (Å²) in [7, 11) is 0. The molecule has 0 radical (unpaired) electrons. The van der Waals surface area contributed by atoms with Crippen molar-refractivity contribution in [1.82, 2.24) is 0 Å². The van der Waals surface area contributed by atoms with Gasteiger partial charge in [0.2, 0.25) is 0 Å². The van der Waals surface area contributed by atoms with Crippen molar-refractivity contribution >= 4 is 23.0 Å². The summed E-state index contributed by atoms with van der Waals surface area (Å²) in [4.78, 5) is 32.0. The molecule has 2 saturated carbocycles. The predicted molar refractivity (Wildman–Crippen MR) is 279 cm³/mol. The lowest BCUT2D eigenvalue weighted by atomic mass is 9.88. The molecule has 2 fully saturated rings. The van der Waals surface area contributed by atoms with Gasteiger partial charge >= 0.3 is 0 Å². The number of nitrogens with zero attached hydrogens (tertiary/aromatic N) is 1. The van der Waals surface area contributed by atoms with E-state index in [1.165, 1.54) is 73.6 Å². The second kappa shape index (κ2) is 36.9. The summed E-state index contributed by atoms with van der Waals surface area (Å²) in [6, 6.07) is 13.3. The van der Waals surface area contributed by atoms with Crippen molar-refractivity contribution < 1.29 is 9.59 Å². The smallest absolute Gasteiger partial charge is 0.197 e. The van der Waals surface area contributed by atoms with Gasteiger partial charge in [-0.2, -0.15) is 0 Å². The molecule has 0 spiro atoms. The number of rotatable bonds is 20. The molecule has 0 heterocycles. The number of nitrogens with one attached hydrogen (secondary N) is 1. The highest BCUT2D eigenvalue weighted by molar-refractivity contribution is 6.36. The highest BCUT2D eigenvalue weighted by Crippen LogP contribution is 2.50. The molecule has 4 atom stereocenters. The van der Waals surface area contributed by atoms with Gasteiger partial charge in [0.1, 0.15) is 6.17 Å². The Morgan fingerprint density at radius 2 is 1.37 bits per heavy atom. The van der Waals surface area contributed by atoms with Crippen LogP contribution < -0.4 is 5.32 Å². The number of anilines is 1. The molecule has 0 saturated heterocycles. The van der Waals surface area contributed by atoms with E-state index in [4.69, 9.17) is 4.99 Å². The first-order chi connectivity index (χ1) is 29.7. The molecule has 2 aliphatic rings. The third kappa shape index (κ3) is 24.4. The van der Waals surface area contributed by atoms with Crippen LogP contribution in [0.2, 0.25) is 0 Å². The maximum atomic E-state index is 13.8. The summed E-state index contributed by atoms with van der Waals surface area (Å²) >= 11 is 0. The van der Waals surface area contributed by atoms with Gasteiger partial charge in [-0.15, -0.1) is 6.58 Å². The predicted octanol–water partition coefficient (Wildman–Crippen LogP) is 17.7. The Morgan fingerprint density at radius 1 is 0.823 bits per heavy atom. The van der Waals surface area contributed by atoms with Gasteiger partial charge in [-0.25, -0.2) is 0 Å². The molecule has 4 unspecified atom stereocenters. The van der Waals surface area contributed by atoms with E-state index in [-0.39, 0.29) is 23.7 Å². The van der Waals surface area contributed by atoms with Crippen LogP contribution in [0.5, 0.6) is 0 Å². The zero-order chi connectivity index (χ0) is 47.6. The topological polar surface area (TPSA) is 58.5 Å². The van der Waals surface area contributed by atoms with Crippen LogP contribution in [0.25, 0.3) is 0 Å². The fraction of sp³-hybridized carbons (Fsp3) is 0.638. The fourth-order valence-electron chi connectivity index (χ4n) is 7.13. The number of hydrogen-bond donors (Lipinski definition) is 1. The van der Waals surface area contributed by atoms with Crippen LogP contribution in [0.1, 0.15) is 221 Å². The molecule has 4 rings (SSSR count). The molecule has 62 heavy (non-hydrogen) atoms. The first-order valence-corrected chi connectivity index (χ1v) is 25.2. The standard InChI is InChI=1S/C38H60N2O2.C9H12.C4H8.C3H6.2C2H6/c1-11-15-16-20-30-24-31(22-28(9)36(30)34-23-27(34)8)39-29(10)40-37(26(7)12-2)33(14-4)38(42)32(13-3)35(41)21-18-17-19-25(5)6;1-3-9-6-4-8(2)5-7-9;1-2-4-3-1;1-3-2;2*1-2/h13-14,22,24-27,29,34,39H,11-12,15-21,23H2,1-10H3;4-7H,3H2,1-2H3;1-4H2;3H,1H2,2H3;2*1-2H3/b32-13-,33-14+,40-37-;;;;;. The van der Waals surface area contributed by atoms with E-state index < -0.39 is 0 Å². The van der Waals surface area contributed by atoms with Crippen molar-refractivity contribution in [1.29, 1.82) is 0 Å². The van der Waals surface area contributed by atoms with Crippen LogP contribution in [-0.2, 0) is 22.4 Å². The van der Waals surface area contributed by atoms with Gasteiger partial charge < -0.3 is 5.32 Å². The molecule has 4 heteroatoms. The number of Topliss-reactive ketones (excluding diaryl/α,β-unsaturated/α-hetero) is 2. The quantitative estimate of drug-likeness (QED) is 0.0360. The molecule has 2 aromatic carbocycles. The van der Waals surface area contributed by atoms with Crippen LogP contribution in [0.4, 0.5) is 5.69 Å². The number of benzene rings is 2. The lowest BCUT2D eigenvalue weighted by Gasteiger charge is -2.21. The summed E-state index contributed by atoms with van der Waals surface area (Å²) in [5.41, 5.74) is 9.89. The van der Waals surface area contributed by atoms with Gasteiger partial charge in [0.15, 0.2) is 11.6 Å². The SMILES string of the molecule is C/C=C(/C(=O)CCCCC(C)C)C(=O)C(=C/C)/C(=N\C(C)Nc1cc(C)c(C2CC2C)c(CCCCC)c1)C(C)CC.C1CCC1.C=CC.CC.CC.CCc1ccc(C)cc1. The molecule has 0 amide bonds. The number of carbonyl (C=O) groups is 2. The van der Waals surface area contributed by atoms with Gasteiger partial charge in [0, 0.05) is 17.7 Å². The number of ketones is 2. The molecular formula is C58H98N2O2. The number of unbranched alkanes of at least 4 members (excludes halogenated alkanes) is 3. The van der Waals surface area contributed by atoms with Crippen LogP contribution in [0.3, 0.4) is 0 Å². The largest absolute Gasteiger partial charge is 0.364 e. The number of hydrogen-bond acceptors (Lipinski definition) is 4. The van der Waals surface area contributed by atoms with Crippen molar-refractivity contribution in [3.8, 4) is 0 Å². The molecular weight excluding hydrogens is 757 g/mol. The summed E-state index contributed by atoms with van der Waals surface area (Å²) in [6.45, 7) is 38.8. The molecule has 0 aliphatic heterocycles. The Balaban J connectivity index is 0. The minimum atomic E-state index is -0.217. The lowest BCUT2D eigenvalue weighted by molar-refractivity contribution is -0.119. The van der Waals surface area contributed by atoms with Gasteiger partial charge in [0.05, 0.1) is 11.3 Å². The van der Waals surface area contributed by atoms with Crippen molar-refractivity contribution in [2.75, 3.05) is 5.32 Å². The lowest BCUT2D eigenvalue weighted by Crippen LogP contribution is -2.26. The second-order valence-electron chi connectivity index (χ2n) is 17.2. The van der Waals surface area contributed by atoms with E-state index >= 15 is 0 Å². The maximum absolute atomic E-state index is 13.8. The van der Waals surface area contributed by atoms with Crippen LogP contribution in [-0.4, -0.2) is 23.4 Å². The van der Waals surface area contributed by atoms with E-state index in [2.05, 4.69) is 118 Å². The van der Waals surface area contributed by atoms with Crippen molar-refractivity contribution in [2.45, 2.75) is 226 Å². The Labute approximate surface area is 385 Å². The number of aryl methyl sites for hydroxylation is 4. The zero-order valence-corrected chi connectivity index (χ0v) is 43.7. The first-order valence-electron chi connectivity index (χ1n) is 25.2. The summed E-state index contributed by atoms with van der Waals surface area (Å²) in [5.74, 6) is 1.94. The number of allylic oxidation sites excluding steroid dienone is 5. The first kappa shape index (κ1) is 60.6. The van der Waals surface area contributed by atoms with Gasteiger partial charge in [-0.1, -0.05) is 176 Å². The highest BCUT2D eigenvalue weighted by Gasteiger charge is 2.36. The average Bonchev–Trinajstić information content (AvgIpc) is 3.96. The van der Waals surface area contributed by atoms with Crippen LogP contribution in [0, 0.1) is 31.6 Å². The van der Waals surface area contributed by atoms with E-state index in [1.807, 2.05) is 47.6 Å². The van der Waals surface area contributed by atoms with Crippen LogP contribution in [0.15, 0.2) is 77.3 Å². The number of carbonyl (C=O) groups excluding carboxylic acids is 2. The minimum Gasteiger partial charge on any atom is -0.364 e. The van der Waals surface area contributed by atoms with Crippen molar-refractivity contribution in [3.63, 3.8) is 0 Å². The normalized spacial score (nSPS) is 16.3. The van der Waals surface area contributed by atoms with E-state index in [9.17, 15) is 9.59 Å². The molecule has 4 nitrogen and oxygen atoms in total. The van der Waals surface area contributed by atoms with E-state index in [0.717, 1.165) is 55.8 Å². The fourth-order valence-corrected chi connectivity index (χ4v) is 7.13. The Kier molecular flexibility index (Phi) is 36.0. The van der Waals surface area contributed by atoms with Crippen LogP contribution >= 0.6 is 0 Å². The highest BCUT2D eigenvalue weighted by atomic mass is 16.1. The molecule has 2 aromatic rings. The van der Waals surface area contributed by atoms with E-state index in [1.54, 1.807) is 24.6 Å². The van der Waals surface area contributed by atoms with Crippen molar-refractivity contribution in [2.24, 2.45) is 22.7 Å². The molecule has 352 valence electrons. The van der Waals surface area contributed by atoms with Gasteiger partial charge in [-0.3, -0.25) is 14.6 Å². The third-order valence-electron chi connectivity index (χ3n) is 11.4. The Hall–Kier alpha value is -3.53. The Bertz CT molecular complexity index is 1580. The third-order valence-corrected chi connectivity index (χ3v) is 11.4. The maximum Gasteiger partial charge on any atom is 0.197 e. The molecule has 0 bridgehead atoms. The van der Waals surface area contributed by atoms with Crippen molar-refractivity contribution in [3.05, 3.63) is 100 Å². The summed E-state index contributed by atoms with van der Waals surface area (Å²) < 4.78 is 0. The summed E-state index contributed by atoms with van der Waals surface area (Å²) in [5, 5.41) is 3.64. The molecule has 2 aliphatic carbocycles. The summed E-state index contributed by atoms with van der Waals surface area (Å²) in [6.07, 6.45) is 22.5. The van der Waals surface area contributed by atoms with E-state index in [0.29, 0.717) is 29.4 Å². The minimum absolute atomic E-state index is 0.0589. The Morgan fingerprint density at radius 3 is 1.81 bits per heavy atom.